The Balaban J connectivity index is 1.15. The average Bonchev–Trinajstić information content (AvgIpc) is 3.50. The molecule has 8 heteroatoms. The van der Waals surface area contributed by atoms with Crippen LogP contribution in [-0.4, -0.2) is 61.1 Å². The zero-order valence-electron chi connectivity index (χ0n) is 24.1. The van der Waals surface area contributed by atoms with Gasteiger partial charge in [0.1, 0.15) is 5.78 Å². The van der Waals surface area contributed by atoms with Gasteiger partial charge >= 0.3 is 6.09 Å². The number of ketones is 1. The van der Waals surface area contributed by atoms with Crippen molar-refractivity contribution in [1.29, 1.82) is 0 Å². The normalized spacial score (nSPS) is 42.6. The number of carbonyl (C=O) groups excluding carboxylic acids is 3. The highest BCUT2D eigenvalue weighted by Gasteiger charge is 2.60. The lowest BCUT2D eigenvalue weighted by Gasteiger charge is -2.60. The van der Waals surface area contributed by atoms with Crippen molar-refractivity contribution in [3.63, 3.8) is 0 Å². The Labute approximate surface area is 228 Å². The maximum absolute atomic E-state index is 12.4. The van der Waals surface area contributed by atoms with Crippen molar-refractivity contribution in [3.05, 3.63) is 0 Å². The number of rotatable bonds is 5. The first kappa shape index (κ1) is 27.6. The number of Topliss-reactive ketones (excluding diaryl/α,β-unsaturated/α-hetero) is 1. The van der Waals surface area contributed by atoms with E-state index in [1.165, 1.54) is 32.1 Å². The third kappa shape index (κ3) is 4.90. The SMILES string of the molecule is C/C(=N\OC(=O)NCC1CCC(C(=O)N(C)C)N1)[C@H]1CC[C@H]2[C@@H]3CC[C@@H]4CC(=O)CC[C@]4(C)[C@H]3CC[C@]12C. The molecular formula is C30H48N4O4. The Morgan fingerprint density at radius 3 is 2.55 bits per heavy atom. The van der Waals surface area contributed by atoms with Crippen LogP contribution >= 0.6 is 0 Å². The molecule has 1 aliphatic heterocycles. The lowest BCUT2D eigenvalue weighted by molar-refractivity contribution is -0.138. The van der Waals surface area contributed by atoms with Crippen molar-refractivity contribution < 1.29 is 19.2 Å². The topological polar surface area (TPSA) is 100 Å². The van der Waals surface area contributed by atoms with Gasteiger partial charge in [-0.2, -0.15) is 0 Å². The minimum atomic E-state index is -0.532. The number of oxime groups is 1. The molecule has 0 aromatic carbocycles. The van der Waals surface area contributed by atoms with Gasteiger partial charge in [0.05, 0.1) is 11.8 Å². The van der Waals surface area contributed by atoms with Gasteiger partial charge in [-0.3, -0.25) is 14.4 Å². The van der Waals surface area contributed by atoms with Crippen molar-refractivity contribution in [1.82, 2.24) is 15.5 Å². The Bertz CT molecular complexity index is 981. The number of likely N-dealkylation sites (N-methyl/N-ethyl adjacent to an activating group) is 1. The van der Waals surface area contributed by atoms with Crippen LogP contribution in [0.15, 0.2) is 5.16 Å². The molecule has 9 atom stereocenters. The molecule has 1 heterocycles. The lowest BCUT2D eigenvalue weighted by atomic mass is 9.44. The average molecular weight is 529 g/mol. The highest BCUT2D eigenvalue weighted by molar-refractivity contribution is 5.86. The molecule has 38 heavy (non-hydrogen) atoms. The molecule has 2 unspecified atom stereocenters. The molecule has 8 nitrogen and oxygen atoms in total. The maximum Gasteiger partial charge on any atom is 0.433 e. The fourth-order valence-electron chi connectivity index (χ4n) is 9.63. The van der Waals surface area contributed by atoms with E-state index in [1.807, 2.05) is 6.92 Å². The van der Waals surface area contributed by atoms with E-state index in [2.05, 4.69) is 29.6 Å². The number of carbonyl (C=O) groups is 3. The van der Waals surface area contributed by atoms with Crippen molar-refractivity contribution >= 4 is 23.5 Å². The lowest BCUT2D eigenvalue weighted by Crippen LogP contribution is -2.53. The van der Waals surface area contributed by atoms with Crippen LogP contribution in [0.3, 0.4) is 0 Å². The van der Waals surface area contributed by atoms with Crippen LogP contribution in [0, 0.1) is 40.4 Å². The van der Waals surface area contributed by atoms with Crippen LogP contribution in [0.25, 0.3) is 0 Å². The van der Waals surface area contributed by atoms with Gasteiger partial charge in [-0.15, -0.1) is 0 Å². The third-order valence-corrected chi connectivity index (χ3v) is 11.7. The molecule has 0 spiro atoms. The predicted molar refractivity (Wildman–Crippen MR) is 146 cm³/mol. The van der Waals surface area contributed by atoms with E-state index in [1.54, 1.807) is 19.0 Å². The van der Waals surface area contributed by atoms with E-state index in [0.29, 0.717) is 35.5 Å². The monoisotopic (exact) mass is 528 g/mol. The van der Waals surface area contributed by atoms with E-state index in [0.717, 1.165) is 56.1 Å². The molecule has 0 radical (unpaired) electrons. The molecule has 212 valence electrons. The molecule has 5 rings (SSSR count). The van der Waals surface area contributed by atoms with Gasteiger partial charge in [0.2, 0.25) is 5.91 Å². The largest absolute Gasteiger partial charge is 0.433 e. The molecular weight excluding hydrogens is 480 g/mol. The molecule has 0 bridgehead atoms. The molecule has 2 N–H and O–H groups in total. The van der Waals surface area contributed by atoms with Crippen LogP contribution in [0.5, 0.6) is 0 Å². The minimum absolute atomic E-state index is 0.0606. The summed E-state index contributed by atoms with van der Waals surface area (Å²) in [5.74, 6) is 3.64. The summed E-state index contributed by atoms with van der Waals surface area (Å²) in [6.07, 6.45) is 11.0. The second-order valence-corrected chi connectivity index (χ2v) is 13.8. The summed E-state index contributed by atoms with van der Waals surface area (Å²) in [4.78, 5) is 43.7. The van der Waals surface area contributed by atoms with E-state index in [-0.39, 0.29) is 23.4 Å². The summed E-state index contributed by atoms with van der Waals surface area (Å²) in [6, 6.07) is -0.122. The van der Waals surface area contributed by atoms with Crippen molar-refractivity contribution in [2.45, 2.75) is 103 Å². The van der Waals surface area contributed by atoms with Gasteiger partial charge < -0.3 is 15.5 Å². The first-order chi connectivity index (χ1) is 18.0. The maximum atomic E-state index is 12.4. The quantitative estimate of drug-likeness (QED) is 0.310. The highest BCUT2D eigenvalue weighted by Crippen LogP contribution is 2.67. The Hall–Kier alpha value is -1.96. The minimum Gasteiger partial charge on any atom is -0.347 e. The van der Waals surface area contributed by atoms with Crippen LogP contribution in [0.4, 0.5) is 4.79 Å². The van der Waals surface area contributed by atoms with Gasteiger partial charge in [-0.1, -0.05) is 19.0 Å². The summed E-state index contributed by atoms with van der Waals surface area (Å²) in [5, 5.41) is 10.5. The van der Waals surface area contributed by atoms with Gasteiger partial charge in [0.25, 0.3) is 0 Å². The zero-order chi connectivity index (χ0) is 27.2. The number of hydrogen-bond acceptors (Lipinski definition) is 6. The van der Waals surface area contributed by atoms with Crippen LogP contribution in [0.1, 0.15) is 91.4 Å². The van der Waals surface area contributed by atoms with Gasteiger partial charge in [-0.25, -0.2) is 4.79 Å². The summed E-state index contributed by atoms with van der Waals surface area (Å²) in [7, 11) is 3.52. The standard InChI is InChI=1S/C30H48N4O4/c1-18(33-38-28(37)31-17-20-7-11-26(32-20)27(36)34(4)5)23-9-10-24-22-8-6-19-16-21(35)12-14-29(19,2)25(22)13-15-30(23,24)3/h19-20,22-26,32H,6-17H2,1-5H3,(H,31,37)/b33-18+/t19-,20?,22+,23-,24+,25+,26?,29+,30-/m1/s1. The highest BCUT2D eigenvalue weighted by atomic mass is 16.7. The second kappa shape index (κ2) is 10.5. The summed E-state index contributed by atoms with van der Waals surface area (Å²) in [6.45, 7) is 7.40. The number of hydrogen-bond donors (Lipinski definition) is 2. The van der Waals surface area contributed by atoms with E-state index >= 15 is 0 Å². The molecule has 5 fully saturated rings. The Morgan fingerprint density at radius 1 is 1.03 bits per heavy atom. The number of nitrogens with one attached hydrogen (secondary N) is 2. The summed E-state index contributed by atoms with van der Waals surface area (Å²) in [5.41, 5.74) is 1.46. The van der Waals surface area contributed by atoms with E-state index < -0.39 is 6.09 Å². The van der Waals surface area contributed by atoms with E-state index in [9.17, 15) is 14.4 Å². The number of nitrogens with zero attached hydrogens (tertiary/aromatic N) is 2. The predicted octanol–water partition coefficient (Wildman–Crippen LogP) is 4.53. The first-order valence-electron chi connectivity index (χ1n) is 15.0. The molecule has 5 aliphatic rings. The van der Waals surface area contributed by atoms with Crippen molar-refractivity contribution in [2.24, 2.45) is 45.6 Å². The third-order valence-electron chi connectivity index (χ3n) is 11.7. The number of fused-ring (bicyclic) bond motifs is 5. The molecule has 2 amide bonds. The number of amides is 2. The zero-order valence-corrected chi connectivity index (χ0v) is 24.1. The van der Waals surface area contributed by atoms with Crippen molar-refractivity contribution in [3.8, 4) is 0 Å². The van der Waals surface area contributed by atoms with Gasteiger partial charge in [0.15, 0.2) is 0 Å². The first-order valence-corrected chi connectivity index (χ1v) is 15.0. The van der Waals surface area contributed by atoms with Crippen LogP contribution in [-0.2, 0) is 14.4 Å². The molecule has 1 saturated heterocycles. The van der Waals surface area contributed by atoms with Gasteiger partial charge in [-0.05, 0) is 99.2 Å². The van der Waals surface area contributed by atoms with Crippen LogP contribution < -0.4 is 10.6 Å². The fraction of sp³-hybridized carbons (Fsp3) is 0.867. The van der Waals surface area contributed by atoms with E-state index in [4.69, 9.17) is 4.84 Å². The molecule has 4 aliphatic carbocycles. The summed E-state index contributed by atoms with van der Waals surface area (Å²) < 4.78 is 0. The molecule has 0 aromatic heterocycles. The summed E-state index contributed by atoms with van der Waals surface area (Å²) >= 11 is 0. The molecule has 0 aromatic rings. The van der Waals surface area contributed by atoms with Gasteiger partial charge in [0, 0.05) is 45.4 Å². The van der Waals surface area contributed by atoms with Crippen LogP contribution in [0.2, 0.25) is 0 Å². The second-order valence-electron chi connectivity index (χ2n) is 13.8. The molecule has 4 saturated carbocycles. The fourth-order valence-corrected chi connectivity index (χ4v) is 9.63. The Morgan fingerprint density at radius 2 is 1.79 bits per heavy atom. The van der Waals surface area contributed by atoms with Crippen molar-refractivity contribution in [2.75, 3.05) is 20.6 Å². The Kier molecular flexibility index (Phi) is 7.66. The smallest absolute Gasteiger partial charge is 0.347 e.